The largest absolute Gasteiger partial charge is 0.374 e. The van der Waals surface area contributed by atoms with Gasteiger partial charge in [0.25, 0.3) is 0 Å². The number of nitrogens with one attached hydrogen (secondary N) is 1. The Balaban J connectivity index is 2.52. The molecule has 1 atom stereocenters. The van der Waals surface area contributed by atoms with E-state index in [4.69, 9.17) is 10.6 Å². The first-order valence-electron chi connectivity index (χ1n) is 6.06. The van der Waals surface area contributed by atoms with E-state index in [-0.39, 0.29) is 11.6 Å². The molecule has 0 spiro atoms. The van der Waals surface area contributed by atoms with Crippen LogP contribution in [0.5, 0.6) is 0 Å². The molecule has 1 rings (SSSR count). The van der Waals surface area contributed by atoms with Gasteiger partial charge in [-0.2, -0.15) is 0 Å². The maximum atomic E-state index is 5.74. The van der Waals surface area contributed by atoms with Crippen molar-refractivity contribution in [2.75, 3.05) is 6.61 Å². The molecule has 17 heavy (non-hydrogen) atoms. The molecule has 3 N–H and O–H groups in total. The summed E-state index contributed by atoms with van der Waals surface area (Å²) in [6, 6.07) is 8.62. The summed E-state index contributed by atoms with van der Waals surface area (Å²) >= 11 is 0. The Kier molecular flexibility index (Phi) is 5.12. The van der Waals surface area contributed by atoms with Gasteiger partial charge in [-0.05, 0) is 39.7 Å². The Bertz CT molecular complexity index is 344. The maximum absolute atomic E-state index is 5.74. The molecule has 0 aliphatic heterocycles. The highest BCUT2D eigenvalue weighted by molar-refractivity contribution is 5.22. The number of hydrazine groups is 1. The molecule has 0 amide bonds. The van der Waals surface area contributed by atoms with Gasteiger partial charge in [-0.15, -0.1) is 0 Å². The molecule has 1 aromatic rings. The zero-order valence-electron chi connectivity index (χ0n) is 11.3. The molecule has 0 heterocycles. The zero-order chi connectivity index (χ0) is 12.9. The molecule has 1 unspecified atom stereocenters. The fourth-order valence-electron chi connectivity index (χ4n) is 1.64. The number of hydrogen-bond donors (Lipinski definition) is 2. The number of benzene rings is 1. The highest BCUT2D eigenvalue weighted by atomic mass is 16.5. The van der Waals surface area contributed by atoms with Gasteiger partial charge in [0.1, 0.15) is 0 Å². The van der Waals surface area contributed by atoms with Gasteiger partial charge in [-0.1, -0.05) is 29.8 Å². The number of nitrogens with two attached hydrogens (primary N) is 1. The normalized spacial score (nSPS) is 13.7. The van der Waals surface area contributed by atoms with Crippen molar-refractivity contribution < 1.29 is 4.74 Å². The van der Waals surface area contributed by atoms with Crippen molar-refractivity contribution in [2.24, 2.45) is 5.84 Å². The van der Waals surface area contributed by atoms with E-state index in [0.29, 0.717) is 6.61 Å². The second-order valence-electron chi connectivity index (χ2n) is 5.48. The van der Waals surface area contributed by atoms with Gasteiger partial charge in [0, 0.05) is 6.04 Å². The van der Waals surface area contributed by atoms with E-state index in [1.54, 1.807) is 0 Å². The van der Waals surface area contributed by atoms with Crippen molar-refractivity contribution >= 4 is 0 Å². The van der Waals surface area contributed by atoms with E-state index in [9.17, 15) is 0 Å². The van der Waals surface area contributed by atoms with Gasteiger partial charge in [0.15, 0.2) is 0 Å². The van der Waals surface area contributed by atoms with Gasteiger partial charge in [-0.3, -0.25) is 11.3 Å². The molecule has 3 nitrogen and oxygen atoms in total. The Hall–Kier alpha value is -0.900. The van der Waals surface area contributed by atoms with E-state index in [2.05, 4.69) is 36.6 Å². The fraction of sp³-hybridized carbons (Fsp3) is 0.571. The molecule has 0 saturated heterocycles. The molecule has 0 fully saturated rings. The molecule has 96 valence electrons. The van der Waals surface area contributed by atoms with Crippen molar-refractivity contribution in [3.05, 3.63) is 35.4 Å². The van der Waals surface area contributed by atoms with Gasteiger partial charge < -0.3 is 4.74 Å². The third kappa shape index (κ3) is 5.82. The van der Waals surface area contributed by atoms with Gasteiger partial charge in [0.05, 0.1) is 12.2 Å². The third-order valence-corrected chi connectivity index (χ3v) is 2.52. The third-order valence-electron chi connectivity index (χ3n) is 2.52. The summed E-state index contributed by atoms with van der Waals surface area (Å²) in [7, 11) is 0. The highest BCUT2D eigenvalue weighted by Gasteiger charge is 2.14. The van der Waals surface area contributed by atoms with Crippen molar-refractivity contribution in [3.8, 4) is 0 Å². The number of hydrogen-bond acceptors (Lipinski definition) is 3. The molecule has 0 saturated carbocycles. The fourth-order valence-corrected chi connectivity index (χ4v) is 1.64. The van der Waals surface area contributed by atoms with Gasteiger partial charge >= 0.3 is 0 Å². The highest BCUT2D eigenvalue weighted by Crippen LogP contribution is 2.10. The number of rotatable bonds is 5. The second kappa shape index (κ2) is 6.15. The first-order valence-corrected chi connectivity index (χ1v) is 6.06. The Morgan fingerprint density at radius 3 is 2.59 bits per heavy atom. The predicted molar refractivity (Wildman–Crippen MR) is 71.7 cm³/mol. The standard InChI is InChI=1S/C14H24N2O/c1-11-6-5-7-12(8-11)9-13(16-15)10-17-14(2,3)4/h5-8,13,16H,9-10,15H2,1-4H3. The van der Waals surface area contributed by atoms with Gasteiger partial charge in [0.2, 0.25) is 0 Å². The lowest BCUT2D eigenvalue weighted by atomic mass is 10.0. The van der Waals surface area contributed by atoms with Crippen molar-refractivity contribution in [1.29, 1.82) is 0 Å². The maximum Gasteiger partial charge on any atom is 0.0643 e. The molecule has 0 radical (unpaired) electrons. The number of aryl methyl sites for hydroxylation is 1. The van der Waals surface area contributed by atoms with Crippen LogP contribution in [-0.2, 0) is 11.2 Å². The SMILES string of the molecule is Cc1cccc(CC(COC(C)(C)C)NN)c1. The lowest BCUT2D eigenvalue weighted by Crippen LogP contribution is -2.42. The van der Waals surface area contributed by atoms with Gasteiger partial charge in [-0.25, -0.2) is 0 Å². The molecule has 0 aliphatic rings. The van der Waals surface area contributed by atoms with Crippen LogP contribution in [0.3, 0.4) is 0 Å². The Labute approximate surface area is 104 Å². The summed E-state index contributed by atoms with van der Waals surface area (Å²) in [5.41, 5.74) is 5.25. The van der Waals surface area contributed by atoms with Crippen LogP contribution < -0.4 is 11.3 Å². The van der Waals surface area contributed by atoms with E-state index in [0.717, 1.165) is 6.42 Å². The minimum atomic E-state index is -0.123. The van der Waals surface area contributed by atoms with Crippen LogP contribution in [0.4, 0.5) is 0 Å². The minimum Gasteiger partial charge on any atom is -0.374 e. The first-order chi connectivity index (χ1) is 7.90. The van der Waals surface area contributed by atoms with Crippen LogP contribution in [0.1, 0.15) is 31.9 Å². The van der Waals surface area contributed by atoms with E-state index in [1.165, 1.54) is 11.1 Å². The quantitative estimate of drug-likeness (QED) is 0.608. The topological polar surface area (TPSA) is 47.3 Å². The smallest absolute Gasteiger partial charge is 0.0643 e. The average molecular weight is 236 g/mol. The molecular formula is C14H24N2O. The first kappa shape index (κ1) is 14.2. The summed E-state index contributed by atoms with van der Waals surface area (Å²) in [5.74, 6) is 5.56. The number of ether oxygens (including phenoxy) is 1. The Morgan fingerprint density at radius 1 is 1.35 bits per heavy atom. The van der Waals surface area contributed by atoms with Crippen LogP contribution >= 0.6 is 0 Å². The molecule has 0 aromatic heterocycles. The summed E-state index contributed by atoms with van der Waals surface area (Å²) in [5, 5.41) is 0. The summed E-state index contributed by atoms with van der Waals surface area (Å²) < 4.78 is 5.74. The van der Waals surface area contributed by atoms with E-state index in [1.807, 2.05) is 20.8 Å². The summed E-state index contributed by atoms with van der Waals surface area (Å²) in [4.78, 5) is 0. The lowest BCUT2D eigenvalue weighted by Gasteiger charge is -2.24. The second-order valence-corrected chi connectivity index (χ2v) is 5.48. The van der Waals surface area contributed by atoms with Crippen LogP contribution in [0.25, 0.3) is 0 Å². The predicted octanol–water partition coefficient (Wildman–Crippen LogP) is 2.18. The summed E-state index contributed by atoms with van der Waals surface area (Å²) in [6.45, 7) is 8.86. The average Bonchev–Trinajstić information content (AvgIpc) is 2.23. The molecule has 1 aromatic carbocycles. The zero-order valence-corrected chi connectivity index (χ0v) is 11.3. The molecule has 0 bridgehead atoms. The Morgan fingerprint density at radius 2 is 2.06 bits per heavy atom. The van der Waals surface area contributed by atoms with Crippen LogP contribution in [0.2, 0.25) is 0 Å². The van der Waals surface area contributed by atoms with Crippen molar-refractivity contribution in [1.82, 2.24) is 5.43 Å². The minimum absolute atomic E-state index is 0.123. The van der Waals surface area contributed by atoms with Crippen molar-refractivity contribution in [2.45, 2.75) is 45.8 Å². The lowest BCUT2D eigenvalue weighted by molar-refractivity contribution is -0.0143. The van der Waals surface area contributed by atoms with Crippen molar-refractivity contribution in [3.63, 3.8) is 0 Å². The van der Waals surface area contributed by atoms with Crippen LogP contribution in [0.15, 0.2) is 24.3 Å². The van der Waals surface area contributed by atoms with Crippen LogP contribution in [0, 0.1) is 6.92 Å². The van der Waals surface area contributed by atoms with Crippen LogP contribution in [-0.4, -0.2) is 18.2 Å². The van der Waals surface area contributed by atoms with E-state index >= 15 is 0 Å². The molecule has 3 heteroatoms. The monoisotopic (exact) mass is 236 g/mol. The molecular weight excluding hydrogens is 212 g/mol. The van der Waals surface area contributed by atoms with E-state index < -0.39 is 0 Å². The molecule has 0 aliphatic carbocycles. The summed E-state index contributed by atoms with van der Waals surface area (Å²) in [6.07, 6.45) is 0.883.